The van der Waals surface area contributed by atoms with Crippen LogP contribution in [0.15, 0.2) is 34.9 Å². The number of hydrogen-bond donors (Lipinski definition) is 2. The van der Waals surface area contributed by atoms with E-state index in [1.807, 2.05) is 0 Å². The second-order valence-corrected chi connectivity index (χ2v) is 6.53. The van der Waals surface area contributed by atoms with Crippen molar-refractivity contribution >= 4 is 27.8 Å². The predicted octanol–water partition coefficient (Wildman–Crippen LogP) is 4.20. The number of hydrogen-bond acceptors (Lipinski definition) is 3. The van der Waals surface area contributed by atoms with Crippen LogP contribution in [0, 0.1) is 11.6 Å². The van der Waals surface area contributed by atoms with Gasteiger partial charge in [-0.05, 0) is 53.5 Å². The number of urea groups is 1. The molecule has 8 heteroatoms. The first kappa shape index (κ1) is 17.6. The molecule has 132 valence electrons. The molecule has 25 heavy (non-hydrogen) atoms. The van der Waals surface area contributed by atoms with Gasteiger partial charge >= 0.3 is 6.03 Å². The minimum atomic E-state index is -0.924. The van der Waals surface area contributed by atoms with E-state index in [-0.39, 0.29) is 17.5 Å². The van der Waals surface area contributed by atoms with E-state index < -0.39 is 17.7 Å². The highest BCUT2D eigenvalue weighted by Gasteiger charge is 2.43. The van der Waals surface area contributed by atoms with Crippen LogP contribution in [0.2, 0.25) is 0 Å². The Kier molecular flexibility index (Phi) is 5.17. The lowest BCUT2D eigenvalue weighted by atomic mass is 10.1. The van der Waals surface area contributed by atoms with Crippen LogP contribution >= 0.6 is 15.9 Å². The lowest BCUT2D eigenvalue weighted by Crippen LogP contribution is -2.31. The van der Waals surface area contributed by atoms with Crippen LogP contribution in [0.3, 0.4) is 0 Å². The molecule has 1 aromatic carbocycles. The number of ether oxygens (including phenoxy) is 1. The van der Waals surface area contributed by atoms with Gasteiger partial charge in [0.15, 0.2) is 11.6 Å². The molecular formula is C17H16BrF2N3O2. The van der Waals surface area contributed by atoms with Crippen LogP contribution in [-0.4, -0.2) is 23.7 Å². The number of rotatable bonds is 5. The number of aromatic nitrogens is 1. The van der Waals surface area contributed by atoms with Crippen LogP contribution < -0.4 is 15.4 Å². The second kappa shape index (κ2) is 7.35. The molecule has 5 nitrogen and oxygen atoms in total. The molecule has 1 aliphatic carbocycles. The maximum absolute atomic E-state index is 14.2. The number of nitrogens with one attached hydrogen (secondary N) is 2. The lowest BCUT2D eigenvalue weighted by Gasteiger charge is -2.12. The molecule has 2 amide bonds. The van der Waals surface area contributed by atoms with E-state index in [0.29, 0.717) is 24.6 Å². The fourth-order valence-corrected chi connectivity index (χ4v) is 2.85. The molecule has 2 aromatic rings. The number of pyridine rings is 1. The Hall–Kier alpha value is -2.22. The van der Waals surface area contributed by atoms with Gasteiger partial charge in [-0.1, -0.05) is 0 Å². The molecule has 0 saturated heterocycles. The molecule has 0 bridgehead atoms. The van der Waals surface area contributed by atoms with Gasteiger partial charge in [-0.25, -0.2) is 18.6 Å². The van der Waals surface area contributed by atoms with Gasteiger partial charge in [-0.2, -0.15) is 0 Å². The number of amides is 2. The summed E-state index contributed by atoms with van der Waals surface area (Å²) in [6.07, 6.45) is 2.08. The maximum Gasteiger partial charge on any atom is 0.320 e. The summed E-state index contributed by atoms with van der Waals surface area (Å²) in [6.45, 7) is 2.12. The van der Waals surface area contributed by atoms with Crippen molar-refractivity contribution in [2.24, 2.45) is 0 Å². The molecule has 2 N–H and O–H groups in total. The predicted molar refractivity (Wildman–Crippen MR) is 92.8 cm³/mol. The zero-order valence-electron chi connectivity index (χ0n) is 13.4. The first-order valence-corrected chi connectivity index (χ1v) is 8.58. The van der Waals surface area contributed by atoms with Crippen molar-refractivity contribution in [1.82, 2.24) is 10.3 Å². The van der Waals surface area contributed by atoms with Crippen LogP contribution in [-0.2, 0) is 0 Å². The van der Waals surface area contributed by atoms with Gasteiger partial charge in [-0.3, -0.25) is 5.32 Å². The standard InChI is InChI=1S/C17H16BrF2N3O2/c1-2-25-13-5-4-11(19)16(20)15(13)10-7-12(10)22-17(24)23-14-6-3-9(18)8-21-14/h3-6,8,10,12H,2,7H2,1H3,(H2,21,22,23,24)/t10-,12+/m0/s1. The van der Waals surface area contributed by atoms with E-state index >= 15 is 0 Å². The molecule has 3 rings (SSSR count). The van der Waals surface area contributed by atoms with Crippen molar-refractivity contribution in [2.45, 2.75) is 25.3 Å². The van der Waals surface area contributed by atoms with Crippen LogP contribution in [0.4, 0.5) is 19.4 Å². The van der Waals surface area contributed by atoms with Crippen molar-refractivity contribution in [3.63, 3.8) is 0 Å². The molecule has 1 heterocycles. The Morgan fingerprint density at radius 2 is 2.16 bits per heavy atom. The van der Waals surface area contributed by atoms with Gasteiger partial charge in [0, 0.05) is 28.2 Å². The summed E-state index contributed by atoms with van der Waals surface area (Å²) in [5, 5.41) is 5.33. The zero-order valence-corrected chi connectivity index (χ0v) is 14.9. The van der Waals surface area contributed by atoms with E-state index in [9.17, 15) is 13.6 Å². The summed E-state index contributed by atoms with van der Waals surface area (Å²) in [7, 11) is 0. The topological polar surface area (TPSA) is 63.2 Å². The fourth-order valence-electron chi connectivity index (χ4n) is 2.62. The lowest BCUT2D eigenvalue weighted by molar-refractivity contribution is 0.251. The molecule has 2 atom stereocenters. The van der Waals surface area contributed by atoms with Gasteiger partial charge in [-0.15, -0.1) is 0 Å². The molecule has 0 radical (unpaired) electrons. The summed E-state index contributed by atoms with van der Waals surface area (Å²) < 4.78 is 33.9. The van der Waals surface area contributed by atoms with Gasteiger partial charge in [0.05, 0.1) is 6.61 Å². The minimum Gasteiger partial charge on any atom is -0.493 e. The Balaban J connectivity index is 1.65. The SMILES string of the molecule is CCOc1ccc(F)c(F)c1[C@H]1C[C@H]1NC(=O)Nc1ccc(Br)cn1. The third-order valence-electron chi connectivity index (χ3n) is 3.84. The first-order chi connectivity index (χ1) is 12.0. The van der Waals surface area contributed by atoms with Crippen LogP contribution in [0.1, 0.15) is 24.8 Å². The number of benzene rings is 1. The summed E-state index contributed by atoms with van der Waals surface area (Å²) in [5.41, 5.74) is 0.175. The van der Waals surface area contributed by atoms with E-state index in [0.717, 1.165) is 10.5 Å². The van der Waals surface area contributed by atoms with Crippen molar-refractivity contribution in [3.8, 4) is 5.75 Å². The van der Waals surface area contributed by atoms with Gasteiger partial charge in [0.1, 0.15) is 11.6 Å². The first-order valence-electron chi connectivity index (χ1n) is 7.79. The highest BCUT2D eigenvalue weighted by Crippen LogP contribution is 2.46. The van der Waals surface area contributed by atoms with Gasteiger partial charge in [0.25, 0.3) is 0 Å². The van der Waals surface area contributed by atoms with Gasteiger partial charge in [0.2, 0.25) is 0 Å². The molecule has 0 unspecified atom stereocenters. The highest BCUT2D eigenvalue weighted by molar-refractivity contribution is 9.10. The van der Waals surface area contributed by atoms with E-state index in [4.69, 9.17) is 4.74 Å². The number of halogens is 3. The summed E-state index contributed by atoms with van der Waals surface area (Å²) in [4.78, 5) is 16.1. The molecular weight excluding hydrogens is 396 g/mol. The summed E-state index contributed by atoms with van der Waals surface area (Å²) >= 11 is 3.26. The average molecular weight is 412 g/mol. The highest BCUT2D eigenvalue weighted by atomic mass is 79.9. The largest absolute Gasteiger partial charge is 0.493 e. The monoisotopic (exact) mass is 411 g/mol. The second-order valence-electron chi connectivity index (χ2n) is 5.61. The van der Waals surface area contributed by atoms with Crippen LogP contribution in [0.25, 0.3) is 0 Å². The quantitative estimate of drug-likeness (QED) is 0.774. The molecule has 0 spiro atoms. The minimum absolute atomic E-state index is 0.175. The fraction of sp³-hybridized carbons (Fsp3) is 0.294. The summed E-state index contributed by atoms with van der Waals surface area (Å²) in [6, 6.07) is 5.12. The number of anilines is 1. The molecule has 1 aliphatic rings. The van der Waals surface area contributed by atoms with Crippen molar-refractivity contribution in [2.75, 3.05) is 11.9 Å². The van der Waals surface area contributed by atoms with Crippen molar-refractivity contribution < 1.29 is 18.3 Å². The van der Waals surface area contributed by atoms with E-state index in [1.54, 1.807) is 25.3 Å². The summed E-state index contributed by atoms with van der Waals surface area (Å²) in [5.74, 6) is -1.46. The number of nitrogens with zero attached hydrogens (tertiary/aromatic N) is 1. The molecule has 1 fully saturated rings. The average Bonchev–Trinajstić information content (AvgIpc) is 3.32. The van der Waals surface area contributed by atoms with Crippen LogP contribution in [0.5, 0.6) is 5.75 Å². The van der Waals surface area contributed by atoms with Gasteiger partial charge < -0.3 is 10.1 Å². The van der Waals surface area contributed by atoms with Crippen molar-refractivity contribution in [1.29, 1.82) is 0 Å². The zero-order chi connectivity index (χ0) is 18.0. The Bertz CT molecular complexity index is 786. The Labute approximate surface area is 151 Å². The maximum atomic E-state index is 14.2. The Morgan fingerprint density at radius 3 is 2.84 bits per heavy atom. The van der Waals surface area contributed by atoms with E-state index in [2.05, 4.69) is 31.5 Å². The van der Waals surface area contributed by atoms with Crippen molar-refractivity contribution in [3.05, 3.63) is 52.1 Å². The Morgan fingerprint density at radius 1 is 1.36 bits per heavy atom. The normalized spacial score (nSPS) is 18.6. The molecule has 1 saturated carbocycles. The number of carbonyl (C=O) groups is 1. The molecule has 1 aromatic heterocycles. The van der Waals surface area contributed by atoms with E-state index in [1.165, 1.54) is 6.07 Å². The third kappa shape index (κ3) is 4.07. The smallest absolute Gasteiger partial charge is 0.320 e. The molecule has 0 aliphatic heterocycles. The third-order valence-corrected chi connectivity index (χ3v) is 4.31. The number of carbonyl (C=O) groups excluding carboxylic acids is 1.